The van der Waals surface area contributed by atoms with Crippen molar-refractivity contribution in [1.82, 2.24) is 15.1 Å². The van der Waals surface area contributed by atoms with E-state index in [1.165, 1.54) is 6.42 Å². The minimum atomic E-state index is 0.151. The van der Waals surface area contributed by atoms with Crippen LogP contribution in [0, 0.1) is 12.3 Å². The molecule has 1 fully saturated rings. The number of hydrogen-bond acceptors (Lipinski definition) is 6. The number of nitrogens with one attached hydrogen (secondary N) is 1. The lowest BCUT2D eigenvalue weighted by atomic mass is 10.0. The molecule has 2 heterocycles. The van der Waals surface area contributed by atoms with Gasteiger partial charge in [-0.05, 0) is 51.6 Å². The Morgan fingerprint density at radius 1 is 1.19 bits per heavy atom. The molecule has 6 nitrogen and oxygen atoms in total. The van der Waals surface area contributed by atoms with E-state index in [4.69, 9.17) is 15.9 Å². The number of hydrogen-bond donors (Lipinski definition) is 1. The maximum absolute atomic E-state index is 5.88. The van der Waals surface area contributed by atoms with Crippen molar-refractivity contribution >= 4 is 16.6 Å². The fourth-order valence-corrected chi connectivity index (χ4v) is 4.00. The van der Waals surface area contributed by atoms with Crippen molar-refractivity contribution in [2.24, 2.45) is 0 Å². The Hall–Kier alpha value is -3.14. The third-order valence-electron chi connectivity index (χ3n) is 5.56. The molecule has 1 aromatic heterocycles. The molecule has 1 aliphatic heterocycles. The van der Waals surface area contributed by atoms with Crippen molar-refractivity contribution in [3.05, 3.63) is 48.0 Å². The minimum absolute atomic E-state index is 0.151. The highest BCUT2D eigenvalue weighted by atomic mass is 16.7. The molecule has 160 valence electrons. The molecule has 0 aliphatic carbocycles. The van der Waals surface area contributed by atoms with Crippen molar-refractivity contribution in [1.29, 1.82) is 0 Å². The van der Waals surface area contributed by atoms with Gasteiger partial charge in [-0.1, -0.05) is 30.2 Å². The molecule has 0 radical (unpaired) electrons. The number of rotatable bonds is 7. The molecule has 31 heavy (non-hydrogen) atoms. The van der Waals surface area contributed by atoms with Gasteiger partial charge in [0.2, 0.25) is 0 Å². The number of fused-ring (bicyclic) bond motifs is 1. The molecule has 1 aliphatic rings. The number of ether oxygens (including phenoxy) is 2. The lowest BCUT2D eigenvalue weighted by Gasteiger charge is -2.30. The van der Waals surface area contributed by atoms with Gasteiger partial charge in [-0.2, -0.15) is 0 Å². The van der Waals surface area contributed by atoms with Gasteiger partial charge in [0.05, 0.1) is 0 Å². The van der Waals surface area contributed by atoms with E-state index in [1.807, 2.05) is 37.3 Å². The number of likely N-dealkylation sites (tertiary alicyclic amines) is 1. The van der Waals surface area contributed by atoms with Crippen molar-refractivity contribution < 1.29 is 9.47 Å². The second-order valence-electron chi connectivity index (χ2n) is 7.80. The molecule has 0 bridgehead atoms. The summed E-state index contributed by atoms with van der Waals surface area (Å²) in [6, 6.07) is 14.2. The van der Waals surface area contributed by atoms with E-state index in [2.05, 4.69) is 45.5 Å². The standard InChI is InChI=1S/C25H28N4O2/c1-4-18-12-13-22(23(15-18)31-17-30-5-2)24-20-10-6-7-11-21(20)25(28-27-24)26-19-9-8-14-29(3)16-19/h1,6-7,10-13,15,19H,5,8-9,14,16-17H2,2-3H3,(H,26,28)/t19-/m1/s1. The van der Waals surface area contributed by atoms with Crippen LogP contribution in [0.5, 0.6) is 5.75 Å². The van der Waals surface area contributed by atoms with Crippen LogP contribution < -0.4 is 10.1 Å². The van der Waals surface area contributed by atoms with Gasteiger partial charge < -0.3 is 19.7 Å². The molecule has 1 N–H and O–H groups in total. The third kappa shape index (κ3) is 4.79. The smallest absolute Gasteiger partial charge is 0.189 e. The van der Waals surface area contributed by atoms with Gasteiger partial charge in [-0.25, -0.2) is 0 Å². The normalized spacial score (nSPS) is 16.7. The second kappa shape index (κ2) is 9.78. The van der Waals surface area contributed by atoms with Crippen LogP contribution in [-0.4, -0.2) is 54.7 Å². The second-order valence-corrected chi connectivity index (χ2v) is 7.80. The molecule has 1 saturated heterocycles. The number of likely N-dealkylation sites (N-methyl/N-ethyl adjacent to an activating group) is 1. The highest BCUT2D eigenvalue weighted by Crippen LogP contribution is 2.36. The van der Waals surface area contributed by atoms with E-state index in [1.54, 1.807) is 0 Å². The van der Waals surface area contributed by atoms with Crippen LogP contribution in [0.1, 0.15) is 25.3 Å². The predicted octanol–water partition coefficient (Wildman–Crippen LogP) is 4.16. The van der Waals surface area contributed by atoms with Crippen molar-refractivity contribution in [3.63, 3.8) is 0 Å². The number of piperidine rings is 1. The average Bonchev–Trinajstić information content (AvgIpc) is 2.80. The summed E-state index contributed by atoms with van der Waals surface area (Å²) in [5, 5.41) is 14.9. The lowest BCUT2D eigenvalue weighted by Crippen LogP contribution is -2.40. The largest absolute Gasteiger partial charge is 0.467 e. The topological polar surface area (TPSA) is 59.5 Å². The summed E-state index contributed by atoms with van der Waals surface area (Å²) < 4.78 is 11.3. The SMILES string of the molecule is C#Cc1ccc(-c2nnc(N[C@@H]3CCCN(C)C3)c3ccccc23)c(OCOCC)c1. The molecule has 0 unspecified atom stereocenters. The number of anilines is 1. The third-order valence-corrected chi connectivity index (χ3v) is 5.56. The number of terminal acetylenes is 1. The number of aromatic nitrogens is 2. The zero-order chi connectivity index (χ0) is 21.6. The molecule has 4 rings (SSSR count). The zero-order valence-electron chi connectivity index (χ0n) is 18.1. The van der Waals surface area contributed by atoms with Gasteiger partial charge in [-0.15, -0.1) is 16.6 Å². The quantitative estimate of drug-likeness (QED) is 0.355. The van der Waals surface area contributed by atoms with Crippen LogP contribution in [0.15, 0.2) is 42.5 Å². The first kappa shape index (κ1) is 21.1. The summed E-state index contributed by atoms with van der Waals surface area (Å²) in [7, 11) is 2.16. The van der Waals surface area contributed by atoms with E-state index in [-0.39, 0.29) is 6.79 Å². The fraction of sp³-hybridized carbons (Fsp3) is 0.360. The summed E-state index contributed by atoms with van der Waals surface area (Å²) in [5.41, 5.74) is 2.34. The van der Waals surface area contributed by atoms with Crippen LogP contribution >= 0.6 is 0 Å². The van der Waals surface area contributed by atoms with Crippen LogP contribution in [0.25, 0.3) is 22.0 Å². The Kier molecular flexibility index (Phi) is 6.66. The summed E-state index contributed by atoms with van der Waals surface area (Å²) in [5.74, 6) is 4.11. The molecule has 0 spiro atoms. The summed E-state index contributed by atoms with van der Waals surface area (Å²) >= 11 is 0. The van der Waals surface area contributed by atoms with Crippen LogP contribution in [-0.2, 0) is 4.74 Å². The lowest BCUT2D eigenvalue weighted by molar-refractivity contribution is 0.0227. The zero-order valence-corrected chi connectivity index (χ0v) is 18.1. The fourth-order valence-electron chi connectivity index (χ4n) is 4.00. The highest BCUT2D eigenvalue weighted by Gasteiger charge is 2.20. The molecular weight excluding hydrogens is 388 g/mol. The van der Waals surface area contributed by atoms with Gasteiger partial charge in [0.1, 0.15) is 11.4 Å². The molecule has 3 aromatic rings. The monoisotopic (exact) mass is 416 g/mol. The molecule has 6 heteroatoms. The summed E-state index contributed by atoms with van der Waals surface area (Å²) in [6.45, 7) is 4.79. The molecule has 1 atom stereocenters. The maximum atomic E-state index is 5.88. The minimum Gasteiger partial charge on any atom is -0.467 e. The van der Waals surface area contributed by atoms with Crippen molar-refractivity contribution in [3.8, 4) is 29.4 Å². The molecule has 2 aromatic carbocycles. The number of nitrogens with zero attached hydrogens (tertiary/aromatic N) is 3. The Labute approximate surface area is 183 Å². The Morgan fingerprint density at radius 2 is 2.03 bits per heavy atom. The van der Waals surface area contributed by atoms with Crippen molar-refractivity contribution in [2.45, 2.75) is 25.8 Å². The van der Waals surface area contributed by atoms with E-state index >= 15 is 0 Å². The van der Waals surface area contributed by atoms with E-state index in [9.17, 15) is 0 Å². The first-order valence-corrected chi connectivity index (χ1v) is 10.7. The highest BCUT2D eigenvalue weighted by molar-refractivity contribution is 6.01. The average molecular weight is 417 g/mol. The summed E-state index contributed by atoms with van der Waals surface area (Å²) in [4.78, 5) is 2.35. The van der Waals surface area contributed by atoms with Crippen LogP contribution in [0.2, 0.25) is 0 Å². The summed E-state index contributed by atoms with van der Waals surface area (Å²) in [6.07, 6.45) is 7.91. The van der Waals surface area contributed by atoms with E-state index < -0.39 is 0 Å². The Balaban J connectivity index is 1.73. The van der Waals surface area contributed by atoms with Gasteiger partial charge in [0.15, 0.2) is 12.6 Å². The number of benzene rings is 2. The molecule has 0 amide bonds. The molecular formula is C25H28N4O2. The van der Waals surface area contributed by atoms with Gasteiger partial charge in [0.25, 0.3) is 0 Å². The predicted molar refractivity (Wildman–Crippen MR) is 124 cm³/mol. The van der Waals surface area contributed by atoms with Gasteiger partial charge >= 0.3 is 0 Å². The van der Waals surface area contributed by atoms with Gasteiger partial charge in [0, 0.05) is 41.1 Å². The Bertz CT molecular complexity index is 1090. The first-order chi connectivity index (χ1) is 15.2. The molecule has 0 saturated carbocycles. The van der Waals surface area contributed by atoms with E-state index in [0.717, 1.165) is 52.9 Å². The van der Waals surface area contributed by atoms with Crippen molar-refractivity contribution in [2.75, 3.05) is 38.9 Å². The Morgan fingerprint density at radius 3 is 2.81 bits per heavy atom. The van der Waals surface area contributed by atoms with Crippen LogP contribution in [0.3, 0.4) is 0 Å². The van der Waals surface area contributed by atoms with E-state index in [0.29, 0.717) is 18.4 Å². The first-order valence-electron chi connectivity index (χ1n) is 10.7. The van der Waals surface area contributed by atoms with Gasteiger partial charge in [-0.3, -0.25) is 0 Å². The van der Waals surface area contributed by atoms with Crippen LogP contribution in [0.4, 0.5) is 5.82 Å². The maximum Gasteiger partial charge on any atom is 0.189 e.